The molecule has 86 valence electrons. The minimum absolute atomic E-state index is 0.132. The quantitative estimate of drug-likeness (QED) is 0.531. The molecule has 0 aromatic carbocycles. The van der Waals surface area contributed by atoms with E-state index < -0.39 is 0 Å². The van der Waals surface area contributed by atoms with E-state index in [9.17, 15) is 0 Å². The van der Waals surface area contributed by atoms with Crippen LogP contribution in [0.2, 0.25) is 0 Å². The topological polar surface area (TPSA) is 60.4 Å². The Hall–Kier alpha value is -0.840. The first-order chi connectivity index (χ1) is 7.31. The summed E-state index contributed by atoms with van der Waals surface area (Å²) in [6.45, 7) is 4.80. The van der Waals surface area contributed by atoms with Gasteiger partial charge in [0.1, 0.15) is 0 Å². The smallest absolute Gasteiger partial charge is 0.0935 e. The fraction of sp³-hybridized carbons (Fsp3) is 0.636. The van der Waals surface area contributed by atoms with Crippen molar-refractivity contribution < 1.29 is 9.15 Å². The van der Waals surface area contributed by atoms with Crippen LogP contribution in [0, 0.1) is 0 Å². The highest BCUT2D eigenvalue weighted by Crippen LogP contribution is 2.11. The molecule has 4 heteroatoms. The lowest BCUT2D eigenvalue weighted by atomic mass is 10.0. The molecule has 0 aliphatic heterocycles. The lowest BCUT2D eigenvalue weighted by Crippen LogP contribution is -2.46. The third kappa shape index (κ3) is 3.66. The van der Waals surface area contributed by atoms with Crippen molar-refractivity contribution in [3.8, 4) is 0 Å². The SMILES string of the molecule is CCOC(CC)C(Cc1ccoc1)NN. The molecule has 1 aromatic heterocycles. The van der Waals surface area contributed by atoms with Crippen LogP contribution < -0.4 is 11.3 Å². The first-order valence-electron chi connectivity index (χ1n) is 5.40. The predicted molar refractivity (Wildman–Crippen MR) is 59.2 cm³/mol. The molecule has 0 amide bonds. The fourth-order valence-corrected chi connectivity index (χ4v) is 1.69. The molecule has 1 rings (SSSR count). The Morgan fingerprint density at radius 3 is 2.80 bits per heavy atom. The zero-order valence-corrected chi connectivity index (χ0v) is 9.40. The van der Waals surface area contributed by atoms with Gasteiger partial charge in [-0.1, -0.05) is 6.92 Å². The average Bonchev–Trinajstić information content (AvgIpc) is 2.75. The van der Waals surface area contributed by atoms with Gasteiger partial charge in [-0.25, -0.2) is 0 Å². The van der Waals surface area contributed by atoms with E-state index in [0.717, 1.165) is 18.4 Å². The number of hydrazine groups is 1. The van der Waals surface area contributed by atoms with Crippen LogP contribution >= 0.6 is 0 Å². The number of hydrogen-bond donors (Lipinski definition) is 2. The molecule has 0 saturated heterocycles. The van der Waals surface area contributed by atoms with Crippen LogP contribution in [0.25, 0.3) is 0 Å². The Labute approximate surface area is 90.8 Å². The number of nitrogens with two attached hydrogens (primary N) is 1. The molecule has 1 aromatic rings. The molecule has 0 radical (unpaired) electrons. The second-order valence-electron chi connectivity index (χ2n) is 3.51. The maximum Gasteiger partial charge on any atom is 0.0935 e. The first-order valence-corrected chi connectivity index (χ1v) is 5.40. The molecule has 0 aliphatic carbocycles. The van der Waals surface area contributed by atoms with E-state index >= 15 is 0 Å². The standard InChI is InChI=1S/C11H20N2O2/c1-3-11(15-4-2)10(13-12)7-9-5-6-14-8-9/h5-6,8,10-11,13H,3-4,7,12H2,1-2H3. The predicted octanol–water partition coefficient (Wildman–Crippen LogP) is 1.47. The summed E-state index contributed by atoms with van der Waals surface area (Å²) in [5.74, 6) is 5.54. The lowest BCUT2D eigenvalue weighted by Gasteiger charge is -2.24. The van der Waals surface area contributed by atoms with Crippen molar-refractivity contribution in [2.75, 3.05) is 6.61 Å². The Bertz CT molecular complexity index is 249. The van der Waals surface area contributed by atoms with Crippen molar-refractivity contribution in [2.24, 2.45) is 5.84 Å². The summed E-state index contributed by atoms with van der Waals surface area (Å²) in [6.07, 6.45) is 5.33. The summed E-state index contributed by atoms with van der Waals surface area (Å²) in [4.78, 5) is 0. The Morgan fingerprint density at radius 1 is 1.53 bits per heavy atom. The van der Waals surface area contributed by atoms with Gasteiger partial charge >= 0.3 is 0 Å². The second kappa shape index (κ2) is 6.61. The molecule has 0 bridgehead atoms. The molecule has 0 aliphatic rings. The highest BCUT2D eigenvalue weighted by Gasteiger charge is 2.19. The maximum atomic E-state index is 5.62. The van der Waals surface area contributed by atoms with Gasteiger partial charge in [0.05, 0.1) is 24.7 Å². The second-order valence-corrected chi connectivity index (χ2v) is 3.51. The summed E-state index contributed by atoms with van der Waals surface area (Å²) in [7, 11) is 0. The lowest BCUT2D eigenvalue weighted by molar-refractivity contribution is 0.0319. The molecule has 2 atom stereocenters. The van der Waals surface area contributed by atoms with E-state index in [1.165, 1.54) is 0 Å². The molecule has 3 N–H and O–H groups in total. The number of nitrogens with one attached hydrogen (secondary N) is 1. The summed E-state index contributed by atoms with van der Waals surface area (Å²) < 4.78 is 10.6. The van der Waals surface area contributed by atoms with Crippen molar-refractivity contribution in [2.45, 2.75) is 38.8 Å². The molecule has 0 spiro atoms. The molecular weight excluding hydrogens is 192 g/mol. The molecule has 2 unspecified atom stereocenters. The van der Waals surface area contributed by atoms with E-state index in [1.807, 2.05) is 13.0 Å². The van der Waals surface area contributed by atoms with E-state index in [4.69, 9.17) is 15.0 Å². The maximum absolute atomic E-state index is 5.62. The highest BCUT2D eigenvalue weighted by atomic mass is 16.5. The minimum Gasteiger partial charge on any atom is -0.472 e. The van der Waals surface area contributed by atoms with E-state index in [-0.39, 0.29) is 12.1 Å². The summed E-state index contributed by atoms with van der Waals surface area (Å²) in [6, 6.07) is 2.08. The van der Waals surface area contributed by atoms with Crippen LogP contribution in [0.15, 0.2) is 23.0 Å². The van der Waals surface area contributed by atoms with Crippen molar-refractivity contribution in [3.05, 3.63) is 24.2 Å². The van der Waals surface area contributed by atoms with E-state index in [0.29, 0.717) is 6.61 Å². The molecule has 0 saturated carbocycles. The molecule has 0 fully saturated rings. The zero-order valence-electron chi connectivity index (χ0n) is 9.40. The van der Waals surface area contributed by atoms with Gasteiger partial charge in [-0.3, -0.25) is 11.3 Å². The molecular formula is C11H20N2O2. The van der Waals surface area contributed by atoms with Gasteiger partial charge in [-0.15, -0.1) is 0 Å². The van der Waals surface area contributed by atoms with Crippen LogP contribution in [-0.2, 0) is 11.2 Å². The summed E-state index contributed by atoms with van der Waals surface area (Å²) in [5.41, 5.74) is 3.94. The van der Waals surface area contributed by atoms with Gasteiger partial charge in [0.2, 0.25) is 0 Å². The molecule has 1 heterocycles. The summed E-state index contributed by atoms with van der Waals surface area (Å²) >= 11 is 0. The van der Waals surface area contributed by atoms with Crippen molar-refractivity contribution in [1.29, 1.82) is 0 Å². The monoisotopic (exact) mass is 212 g/mol. The van der Waals surface area contributed by atoms with Gasteiger partial charge in [0, 0.05) is 6.61 Å². The Morgan fingerprint density at radius 2 is 2.33 bits per heavy atom. The van der Waals surface area contributed by atoms with Crippen LogP contribution in [0.5, 0.6) is 0 Å². The van der Waals surface area contributed by atoms with Gasteiger partial charge in [0.25, 0.3) is 0 Å². The first kappa shape index (κ1) is 12.2. The largest absolute Gasteiger partial charge is 0.472 e. The van der Waals surface area contributed by atoms with E-state index in [2.05, 4.69) is 12.3 Å². The van der Waals surface area contributed by atoms with Crippen LogP contribution in [0.3, 0.4) is 0 Å². The third-order valence-corrected chi connectivity index (χ3v) is 2.48. The molecule has 4 nitrogen and oxygen atoms in total. The van der Waals surface area contributed by atoms with Crippen LogP contribution in [0.1, 0.15) is 25.8 Å². The van der Waals surface area contributed by atoms with Gasteiger partial charge < -0.3 is 9.15 Å². The van der Waals surface area contributed by atoms with Gasteiger partial charge in [0.15, 0.2) is 0 Å². The van der Waals surface area contributed by atoms with Gasteiger partial charge in [-0.2, -0.15) is 0 Å². The average molecular weight is 212 g/mol. The Kier molecular flexibility index (Phi) is 5.39. The number of ether oxygens (including phenoxy) is 1. The summed E-state index contributed by atoms with van der Waals surface area (Å²) in [5, 5.41) is 0. The Balaban J connectivity index is 2.53. The number of furan rings is 1. The van der Waals surface area contributed by atoms with E-state index in [1.54, 1.807) is 12.5 Å². The van der Waals surface area contributed by atoms with Crippen molar-refractivity contribution in [3.63, 3.8) is 0 Å². The van der Waals surface area contributed by atoms with Crippen LogP contribution in [0.4, 0.5) is 0 Å². The normalized spacial score (nSPS) is 15.1. The highest BCUT2D eigenvalue weighted by molar-refractivity contribution is 5.08. The zero-order chi connectivity index (χ0) is 11.1. The number of hydrogen-bond acceptors (Lipinski definition) is 4. The third-order valence-electron chi connectivity index (χ3n) is 2.48. The van der Waals surface area contributed by atoms with Crippen LogP contribution in [-0.4, -0.2) is 18.8 Å². The minimum atomic E-state index is 0.132. The number of rotatable bonds is 7. The molecule has 15 heavy (non-hydrogen) atoms. The van der Waals surface area contributed by atoms with Gasteiger partial charge in [-0.05, 0) is 31.4 Å². The van der Waals surface area contributed by atoms with Crippen molar-refractivity contribution in [1.82, 2.24) is 5.43 Å². The van der Waals surface area contributed by atoms with Crippen molar-refractivity contribution >= 4 is 0 Å². The fourth-order valence-electron chi connectivity index (χ4n) is 1.69.